The van der Waals surface area contributed by atoms with Crippen molar-refractivity contribution in [2.45, 2.75) is 44.3 Å². The molecule has 0 aliphatic carbocycles. The number of hydrogen-bond acceptors (Lipinski definition) is 3. The van der Waals surface area contributed by atoms with E-state index in [0.29, 0.717) is 5.92 Å². The second kappa shape index (κ2) is 8.50. The zero-order valence-electron chi connectivity index (χ0n) is 15.6. The molecule has 2 aromatic heterocycles. The first kappa shape index (κ1) is 18.7. The zero-order valence-corrected chi connectivity index (χ0v) is 16.5. The highest BCUT2D eigenvalue weighted by Gasteiger charge is 2.14. The average Bonchev–Trinajstić information content (AvgIpc) is 2.68. The van der Waals surface area contributed by atoms with Crippen LogP contribution < -0.4 is 0 Å². The molecular weight excluding hydrogens is 336 g/mol. The largest absolute Gasteiger partial charge is 0.261 e. The summed E-state index contributed by atoms with van der Waals surface area (Å²) in [6, 6.07) is 19.0. The minimum atomic E-state index is 0.170. The molecule has 0 fully saturated rings. The van der Waals surface area contributed by atoms with Crippen molar-refractivity contribution in [2.75, 3.05) is 0 Å². The van der Waals surface area contributed by atoms with Crippen molar-refractivity contribution < 1.29 is 0 Å². The highest BCUT2D eigenvalue weighted by Crippen LogP contribution is 2.27. The third-order valence-corrected chi connectivity index (χ3v) is 5.30. The number of benzene rings is 1. The number of rotatable bonds is 6. The summed E-state index contributed by atoms with van der Waals surface area (Å²) in [6.07, 6.45) is 4.69. The summed E-state index contributed by atoms with van der Waals surface area (Å²) < 4.78 is 0. The molecule has 0 spiro atoms. The quantitative estimate of drug-likeness (QED) is 0.547. The van der Waals surface area contributed by atoms with Crippen LogP contribution in [0.4, 0.5) is 0 Å². The Bertz CT molecular complexity index is 846. The SMILES string of the molecule is CC(C)c1ccnc(C(C)c2cc(CC(S)c3ccccc3)ccn2)c1. The summed E-state index contributed by atoms with van der Waals surface area (Å²) in [5.41, 5.74) is 5.95. The highest BCUT2D eigenvalue weighted by atomic mass is 32.1. The van der Waals surface area contributed by atoms with Crippen molar-refractivity contribution in [3.05, 3.63) is 95.1 Å². The van der Waals surface area contributed by atoms with Crippen molar-refractivity contribution in [1.29, 1.82) is 0 Å². The molecular formula is C23H26N2S. The van der Waals surface area contributed by atoms with Crippen LogP contribution in [-0.2, 0) is 6.42 Å². The summed E-state index contributed by atoms with van der Waals surface area (Å²) >= 11 is 4.79. The van der Waals surface area contributed by atoms with Crippen LogP contribution in [-0.4, -0.2) is 9.97 Å². The average molecular weight is 363 g/mol. The fourth-order valence-corrected chi connectivity index (χ4v) is 3.47. The fraction of sp³-hybridized carbons (Fsp3) is 0.304. The van der Waals surface area contributed by atoms with Crippen molar-refractivity contribution >= 4 is 12.6 Å². The Hall–Kier alpha value is -2.13. The highest BCUT2D eigenvalue weighted by molar-refractivity contribution is 7.80. The normalized spacial score (nSPS) is 13.6. The van der Waals surface area contributed by atoms with Gasteiger partial charge in [-0.15, -0.1) is 0 Å². The number of aromatic nitrogens is 2. The topological polar surface area (TPSA) is 25.8 Å². The van der Waals surface area contributed by atoms with E-state index in [-0.39, 0.29) is 11.2 Å². The van der Waals surface area contributed by atoms with Gasteiger partial charge in [-0.1, -0.05) is 51.1 Å². The summed E-state index contributed by atoms with van der Waals surface area (Å²) in [5.74, 6) is 0.669. The zero-order chi connectivity index (χ0) is 18.5. The van der Waals surface area contributed by atoms with Gasteiger partial charge in [0.2, 0.25) is 0 Å². The monoisotopic (exact) mass is 362 g/mol. The van der Waals surface area contributed by atoms with Crippen LogP contribution in [0, 0.1) is 0 Å². The van der Waals surface area contributed by atoms with Gasteiger partial charge in [-0.2, -0.15) is 12.6 Å². The minimum Gasteiger partial charge on any atom is -0.261 e. The van der Waals surface area contributed by atoms with Gasteiger partial charge in [0, 0.05) is 34.9 Å². The molecule has 0 aliphatic rings. The maximum Gasteiger partial charge on any atom is 0.0494 e. The van der Waals surface area contributed by atoms with Gasteiger partial charge < -0.3 is 0 Å². The van der Waals surface area contributed by atoms with E-state index < -0.39 is 0 Å². The molecule has 1 aromatic carbocycles. The van der Waals surface area contributed by atoms with Gasteiger partial charge in [-0.05, 0) is 53.3 Å². The number of pyridine rings is 2. The van der Waals surface area contributed by atoms with Crippen molar-refractivity contribution in [3.8, 4) is 0 Å². The third kappa shape index (κ3) is 4.53. The predicted octanol–water partition coefficient (Wildman–Crippen LogP) is 5.97. The Labute approximate surface area is 162 Å². The second-order valence-electron chi connectivity index (χ2n) is 7.11. The van der Waals surface area contributed by atoms with E-state index in [9.17, 15) is 0 Å². The predicted molar refractivity (Wildman–Crippen MR) is 112 cm³/mol. The molecule has 3 rings (SSSR count). The van der Waals surface area contributed by atoms with Crippen LogP contribution in [0.2, 0.25) is 0 Å². The molecule has 3 aromatic rings. The van der Waals surface area contributed by atoms with Gasteiger partial charge >= 0.3 is 0 Å². The van der Waals surface area contributed by atoms with E-state index in [1.165, 1.54) is 16.7 Å². The van der Waals surface area contributed by atoms with Crippen LogP contribution >= 0.6 is 12.6 Å². The standard InChI is InChI=1S/C23H26N2S/c1-16(2)20-10-12-25-22(15-20)17(3)21-13-18(9-11-24-21)14-23(26)19-7-5-4-6-8-19/h4-13,15-17,23,26H,14H2,1-3H3. The van der Waals surface area contributed by atoms with Crippen molar-refractivity contribution in [1.82, 2.24) is 9.97 Å². The van der Waals surface area contributed by atoms with E-state index >= 15 is 0 Å². The van der Waals surface area contributed by atoms with Crippen LogP contribution in [0.5, 0.6) is 0 Å². The lowest BCUT2D eigenvalue weighted by molar-refractivity contribution is 0.802. The summed E-state index contributed by atoms with van der Waals surface area (Å²) in [5, 5.41) is 0.184. The van der Waals surface area contributed by atoms with E-state index in [1.54, 1.807) is 0 Å². The number of nitrogens with zero attached hydrogens (tertiary/aromatic N) is 2. The van der Waals surface area contributed by atoms with Crippen LogP contribution in [0.3, 0.4) is 0 Å². The second-order valence-corrected chi connectivity index (χ2v) is 7.73. The van der Waals surface area contributed by atoms with Gasteiger partial charge in [0.1, 0.15) is 0 Å². The summed E-state index contributed by atoms with van der Waals surface area (Å²) in [4.78, 5) is 9.19. The molecule has 2 unspecified atom stereocenters. The molecule has 2 nitrogen and oxygen atoms in total. The van der Waals surface area contributed by atoms with E-state index in [0.717, 1.165) is 17.8 Å². The lowest BCUT2D eigenvalue weighted by Crippen LogP contribution is -2.04. The lowest BCUT2D eigenvalue weighted by Gasteiger charge is -2.15. The minimum absolute atomic E-state index is 0.170. The molecule has 0 saturated carbocycles. The lowest BCUT2D eigenvalue weighted by atomic mass is 9.96. The Morgan fingerprint density at radius 3 is 2.15 bits per heavy atom. The van der Waals surface area contributed by atoms with Gasteiger partial charge in [0.25, 0.3) is 0 Å². The molecule has 0 radical (unpaired) electrons. The van der Waals surface area contributed by atoms with E-state index in [1.807, 2.05) is 18.5 Å². The maximum absolute atomic E-state index is 4.79. The Kier molecular flexibility index (Phi) is 6.10. The Morgan fingerprint density at radius 2 is 1.46 bits per heavy atom. The van der Waals surface area contributed by atoms with Crippen molar-refractivity contribution in [2.24, 2.45) is 0 Å². The molecule has 26 heavy (non-hydrogen) atoms. The molecule has 3 heteroatoms. The van der Waals surface area contributed by atoms with Gasteiger partial charge in [0.15, 0.2) is 0 Å². The maximum atomic E-state index is 4.79. The first-order valence-electron chi connectivity index (χ1n) is 9.18. The van der Waals surface area contributed by atoms with Crippen LogP contribution in [0.15, 0.2) is 67.0 Å². The first-order valence-corrected chi connectivity index (χ1v) is 9.70. The van der Waals surface area contributed by atoms with E-state index in [4.69, 9.17) is 12.6 Å². The van der Waals surface area contributed by atoms with Crippen molar-refractivity contribution in [3.63, 3.8) is 0 Å². The molecule has 0 saturated heterocycles. The van der Waals surface area contributed by atoms with Gasteiger partial charge in [0.05, 0.1) is 0 Å². The summed E-state index contributed by atoms with van der Waals surface area (Å²) in [6.45, 7) is 6.59. The molecule has 2 atom stereocenters. The molecule has 0 aliphatic heterocycles. The molecule has 0 N–H and O–H groups in total. The molecule has 2 heterocycles. The third-order valence-electron chi connectivity index (χ3n) is 4.82. The first-order chi connectivity index (χ1) is 12.5. The van der Waals surface area contributed by atoms with Gasteiger partial charge in [-0.25, -0.2) is 0 Å². The van der Waals surface area contributed by atoms with Gasteiger partial charge in [-0.3, -0.25) is 9.97 Å². The fourth-order valence-electron chi connectivity index (χ4n) is 3.09. The van der Waals surface area contributed by atoms with Crippen LogP contribution in [0.25, 0.3) is 0 Å². The number of thiol groups is 1. The molecule has 134 valence electrons. The Balaban J connectivity index is 1.79. The van der Waals surface area contributed by atoms with E-state index in [2.05, 4.69) is 79.3 Å². The summed E-state index contributed by atoms with van der Waals surface area (Å²) in [7, 11) is 0. The molecule has 0 amide bonds. The number of hydrogen-bond donors (Lipinski definition) is 1. The van der Waals surface area contributed by atoms with Crippen LogP contribution in [0.1, 0.15) is 65.9 Å². The smallest absolute Gasteiger partial charge is 0.0494 e. The Morgan fingerprint density at radius 1 is 0.808 bits per heavy atom. The molecule has 0 bridgehead atoms.